The highest BCUT2D eigenvalue weighted by Crippen LogP contribution is 2.33. The van der Waals surface area contributed by atoms with E-state index in [0.29, 0.717) is 18.6 Å². The van der Waals surface area contributed by atoms with Gasteiger partial charge < -0.3 is 15.8 Å². The molecule has 3 N–H and O–H groups in total. The lowest BCUT2D eigenvalue weighted by atomic mass is 9.77. The lowest BCUT2D eigenvalue weighted by Gasteiger charge is -2.46. The fourth-order valence-corrected chi connectivity index (χ4v) is 3.50. The quantitative estimate of drug-likeness (QED) is 0.768. The number of carbonyl (C=O) groups excluding carboxylic acids is 1. The molecule has 2 rings (SSSR count). The van der Waals surface area contributed by atoms with Crippen molar-refractivity contribution in [2.24, 2.45) is 17.6 Å². The van der Waals surface area contributed by atoms with Gasteiger partial charge in [-0.3, -0.25) is 9.69 Å². The molecule has 0 aromatic heterocycles. The van der Waals surface area contributed by atoms with Gasteiger partial charge in [0.1, 0.15) is 6.04 Å². The number of nitrogens with zero attached hydrogens (tertiary/aromatic N) is 1. The Morgan fingerprint density at radius 1 is 1.47 bits per heavy atom. The third kappa shape index (κ3) is 3.27. The first-order valence-corrected chi connectivity index (χ1v) is 7.42. The predicted octanol–water partition coefficient (Wildman–Crippen LogP) is 0.197. The summed E-state index contributed by atoms with van der Waals surface area (Å²) in [7, 11) is 1.69. The molecular weight excluding hydrogens is 242 g/mol. The lowest BCUT2D eigenvalue weighted by Crippen LogP contribution is -2.60. The van der Waals surface area contributed by atoms with Crippen LogP contribution in [0.5, 0.6) is 0 Å². The number of amides is 1. The molecule has 2 aliphatic rings. The largest absolute Gasteiger partial charge is 0.378 e. The van der Waals surface area contributed by atoms with Gasteiger partial charge in [-0.25, -0.2) is 0 Å². The van der Waals surface area contributed by atoms with Crippen molar-refractivity contribution in [1.82, 2.24) is 10.2 Å². The summed E-state index contributed by atoms with van der Waals surface area (Å²) in [4.78, 5) is 14.4. The molecule has 4 unspecified atom stereocenters. The molecule has 5 nitrogen and oxygen atoms in total. The summed E-state index contributed by atoms with van der Waals surface area (Å²) in [5.41, 5.74) is 5.94. The van der Waals surface area contributed by atoms with E-state index in [4.69, 9.17) is 10.5 Å². The van der Waals surface area contributed by atoms with Gasteiger partial charge >= 0.3 is 0 Å². The Morgan fingerprint density at radius 3 is 2.95 bits per heavy atom. The Morgan fingerprint density at radius 2 is 2.26 bits per heavy atom. The van der Waals surface area contributed by atoms with E-state index >= 15 is 0 Å². The molecule has 1 heterocycles. The third-order valence-corrected chi connectivity index (χ3v) is 4.67. The molecule has 110 valence electrons. The highest BCUT2D eigenvalue weighted by Gasteiger charge is 2.39. The van der Waals surface area contributed by atoms with E-state index in [1.165, 1.54) is 12.8 Å². The molecule has 0 radical (unpaired) electrons. The smallest absolute Gasteiger partial charge is 0.239 e. The maximum atomic E-state index is 12.0. The van der Waals surface area contributed by atoms with Crippen molar-refractivity contribution in [3.63, 3.8) is 0 Å². The summed E-state index contributed by atoms with van der Waals surface area (Å²) < 4.78 is 5.49. The molecule has 1 saturated carbocycles. The molecule has 1 aliphatic carbocycles. The fourth-order valence-electron chi connectivity index (χ4n) is 3.50. The third-order valence-electron chi connectivity index (χ3n) is 4.67. The minimum atomic E-state index is -0.150. The van der Waals surface area contributed by atoms with Gasteiger partial charge in [0, 0.05) is 19.6 Å². The molecule has 0 spiro atoms. The first-order valence-electron chi connectivity index (χ1n) is 7.42. The molecule has 1 saturated heterocycles. The monoisotopic (exact) mass is 269 g/mol. The first kappa shape index (κ1) is 14.8. The molecular formula is C14H27N3O2. The Balaban J connectivity index is 2.12. The Bertz CT molecular complexity index is 311. The number of hydrogen-bond acceptors (Lipinski definition) is 4. The van der Waals surface area contributed by atoms with E-state index < -0.39 is 0 Å². The molecule has 0 aromatic rings. The van der Waals surface area contributed by atoms with Crippen LogP contribution in [-0.4, -0.2) is 56.2 Å². The van der Waals surface area contributed by atoms with Crippen molar-refractivity contribution < 1.29 is 9.53 Å². The average Bonchev–Trinajstić information content (AvgIpc) is 2.46. The number of ether oxygens (including phenoxy) is 1. The van der Waals surface area contributed by atoms with Crippen molar-refractivity contribution in [3.8, 4) is 0 Å². The van der Waals surface area contributed by atoms with Gasteiger partial charge in [0.05, 0.1) is 13.2 Å². The molecule has 1 aliphatic heterocycles. The van der Waals surface area contributed by atoms with Crippen LogP contribution >= 0.6 is 0 Å². The highest BCUT2D eigenvalue weighted by atomic mass is 16.5. The number of morpholine rings is 1. The zero-order valence-corrected chi connectivity index (χ0v) is 12.1. The van der Waals surface area contributed by atoms with Gasteiger partial charge in [-0.05, 0) is 31.2 Å². The van der Waals surface area contributed by atoms with Crippen molar-refractivity contribution in [2.75, 3.05) is 33.4 Å². The van der Waals surface area contributed by atoms with Crippen LogP contribution in [0.2, 0.25) is 0 Å². The topological polar surface area (TPSA) is 67.6 Å². The second-order valence-electron chi connectivity index (χ2n) is 5.92. The van der Waals surface area contributed by atoms with E-state index in [1.54, 1.807) is 7.05 Å². The zero-order chi connectivity index (χ0) is 13.8. The number of likely N-dealkylation sites (N-methyl/N-ethyl adjacent to an activating group) is 1. The van der Waals surface area contributed by atoms with E-state index in [1.807, 2.05) is 0 Å². The van der Waals surface area contributed by atoms with Gasteiger partial charge in [0.2, 0.25) is 5.91 Å². The Hall–Kier alpha value is -0.650. The number of nitrogens with one attached hydrogen (secondary N) is 1. The van der Waals surface area contributed by atoms with Crippen molar-refractivity contribution >= 4 is 5.91 Å². The summed E-state index contributed by atoms with van der Waals surface area (Å²) in [6.07, 6.45) is 3.59. The summed E-state index contributed by atoms with van der Waals surface area (Å²) in [6.45, 7) is 5.08. The first-order chi connectivity index (χ1) is 9.17. The number of carbonyl (C=O) groups is 1. The average molecular weight is 269 g/mol. The minimum absolute atomic E-state index is 0.0636. The highest BCUT2D eigenvalue weighted by molar-refractivity contribution is 5.81. The van der Waals surface area contributed by atoms with E-state index in [-0.39, 0.29) is 11.9 Å². The van der Waals surface area contributed by atoms with Gasteiger partial charge in [0.25, 0.3) is 0 Å². The Kier molecular flexibility index (Phi) is 5.19. The summed E-state index contributed by atoms with van der Waals surface area (Å²) >= 11 is 0. The lowest BCUT2D eigenvalue weighted by molar-refractivity contribution is -0.136. The van der Waals surface area contributed by atoms with Crippen LogP contribution in [0.15, 0.2) is 0 Å². The SMILES string of the molecule is CNC(=O)C1COCCN1C1CC(C)CCC1CN. The number of rotatable bonds is 3. The number of nitrogens with two attached hydrogens (primary N) is 1. The van der Waals surface area contributed by atoms with Gasteiger partial charge in [-0.1, -0.05) is 13.3 Å². The van der Waals surface area contributed by atoms with Crippen LogP contribution in [-0.2, 0) is 9.53 Å². The minimum Gasteiger partial charge on any atom is -0.378 e. The maximum absolute atomic E-state index is 12.0. The summed E-state index contributed by atoms with van der Waals surface area (Å²) in [5, 5.41) is 2.76. The van der Waals surface area contributed by atoms with Crippen LogP contribution in [0.1, 0.15) is 26.2 Å². The van der Waals surface area contributed by atoms with E-state index in [0.717, 1.165) is 32.0 Å². The molecule has 0 aromatic carbocycles. The maximum Gasteiger partial charge on any atom is 0.239 e. The van der Waals surface area contributed by atoms with Gasteiger partial charge in [0.15, 0.2) is 0 Å². The normalized spacial score (nSPS) is 37.0. The predicted molar refractivity (Wildman–Crippen MR) is 74.7 cm³/mol. The molecule has 5 heteroatoms. The van der Waals surface area contributed by atoms with Crippen LogP contribution in [0.4, 0.5) is 0 Å². The van der Waals surface area contributed by atoms with Crippen LogP contribution < -0.4 is 11.1 Å². The standard InChI is InChI=1S/C14H27N3O2/c1-10-3-4-11(8-15)12(7-10)17-5-6-19-9-13(17)14(18)16-2/h10-13H,3-9,15H2,1-2H3,(H,16,18). The van der Waals surface area contributed by atoms with Gasteiger partial charge in [-0.2, -0.15) is 0 Å². The Labute approximate surface area is 115 Å². The summed E-state index contributed by atoms with van der Waals surface area (Å²) in [5.74, 6) is 1.30. The van der Waals surface area contributed by atoms with Gasteiger partial charge in [-0.15, -0.1) is 0 Å². The van der Waals surface area contributed by atoms with Crippen LogP contribution in [0, 0.1) is 11.8 Å². The molecule has 4 atom stereocenters. The van der Waals surface area contributed by atoms with Crippen molar-refractivity contribution in [1.29, 1.82) is 0 Å². The summed E-state index contributed by atoms with van der Waals surface area (Å²) in [6, 6.07) is 0.281. The van der Waals surface area contributed by atoms with Crippen molar-refractivity contribution in [2.45, 2.75) is 38.3 Å². The zero-order valence-electron chi connectivity index (χ0n) is 12.1. The van der Waals surface area contributed by atoms with Crippen molar-refractivity contribution in [3.05, 3.63) is 0 Å². The second kappa shape index (κ2) is 6.68. The molecule has 0 bridgehead atoms. The fraction of sp³-hybridized carbons (Fsp3) is 0.929. The van der Waals surface area contributed by atoms with E-state index in [9.17, 15) is 4.79 Å². The molecule has 19 heavy (non-hydrogen) atoms. The molecule has 2 fully saturated rings. The number of hydrogen-bond donors (Lipinski definition) is 2. The van der Waals surface area contributed by atoms with Crippen LogP contribution in [0.3, 0.4) is 0 Å². The van der Waals surface area contributed by atoms with Crippen LogP contribution in [0.25, 0.3) is 0 Å². The second-order valence-corrected chi connectivity index (χ2v) is 5.92. The molecule has 1 amide bonds. The van der Waals surface area contributed by atoms with E-state index in [2.05, 4.69) is 17.1 Å².